The number of nitrogens with zero attached hydrogens (tertiary/aromatic N) is 1. The second-order valence-corrected chi connectivity index (χ2v) is 4.57. The number of nitrogens with one attached hydrogen (secondary N) is 1. The summed E-state index contributed by atoms with van der Waals surface area (Å²) >= 11 is 0. The van der Waals surface area contributed by atoms with Gasteiger partial charge in [-0.1, -0.05) is 6.42 Å². The van der Waals surface area contributed by atoms with Gasteiger partial charge in [-0.3, -0.25) is 9.78 Å². The van der Waals surface area contributed by atoms with Crippen LogP contribution < -0.4 is 5.32 Å². The zero-order chi connectivity index (χ0) is 12.1. The Balaban J connectivity index is 2.17. The van der Waals surface area contributed by atoms with Crippen LogP contribution in [0.5, 0.6) is 0 Å². The molecule has 4 heteroatoms. The van der Waals surface area contributed by atoms with E-state index in [1.165, 1.54) is 0 Å². The number of aliphatic carboxylic acids is 1. The lowest BCUT2D eigenvalue weighted by molar-refractivity contribution is -0.138. The van der Waals surface area contributed by atoms with Crippen LogP contribution in [0.4, 0.5) is 0 Å². The first-order valence-electron chi connectivity index (χ1n) is 6.12. The van der Waals surface area contributed by atoms with E-state index in [4.69, 9.17) is 5.11 Å². The number of aromatic nitrogens is 1. The number of hydrogen-bond donors (Lipinski definition) is 2. The van der Waals surface area contributed by atoms with Crippen LogP contribution in [-0.4, -0.2) is 22.6 Å². The van der Waals surface area contributed by atoms with Crippen LogP contribution in [-0.2, 0) is 4.79 Å². The van der Waals surface area contributed by atoms with Crippen molar-refractivity contribution < 1.29 is 9.90 Å². The molecule has 2 heterocycles. The van der Waals surface area contributed by atoms with E-state index in [-0.39, 0.29) is 18.4 Å². The zero-order valence-electron chi connectivity index (χ0n) is 9.80. The van der Waals surface area contributed by atoms with Crippen molar-refractivity contribution in [3.63, 3.8) is 0 Å². The van der Waals surface area contributed by atoms with Gasteiger partial charge >= 0.3 is 5.97 Å². The minimum Gasteiger partial charge on any atom is -0.481 e. The Bertz CT molecular complexity index is 367. The standard InChI is InChI=1S/C13H18N2O2/c16-12(17)9-11-3-1-2-6-15-13(11)10-4-7-14-8-5-10/h4-5,7-8,11,13,15H,1-3,6,9H2,(H,16,17)/t11-,13-/m1/s1. The Morgan fingerprint density at radius 3 is 2.88 bits per heavy atom. The summed E-state index contributed by atoms with van der Waals surface area (Å²) in [7, 11) is 0. The number of carboxylic acid groups (broad SMARTS) is 1. The summed E-state index contributed by atoms with van der Waals surface area (Å²) in [6.07, 6.45) is 6.97. The van der Waals surface area contributed by atoms with Gasteiger partial charge in [-0.2, -0.15) is 0 Å². The fraction of sp³-hybridized carbons (Fsp3) is 0.538. The van der Waals surface area contributed by atoms with E-state index < -0.39 is 5.97 Å². The maximum Gasteiger partial charge on any atom is 0.303 e. The highest BCUT2D eigenvalue weighted by Gasteiger charge is 2.26. The summed E-state index contributed by atoms with van der Waals surface area (Å²) in [5.41, 5.74) is 1.15. The van der Waals surface area contributed by atoms with Gasteiger partial charge in [0.25, 0.3) is 0 Å². The molecule has 0 saturated carbocycles. The molecule has 0 amide bonds. The first kappa shape index (κ1) is 12.0. The lowest BCUT2D eigenvalue weighted by Crippen LogP contribution is -2.28. The van der Waals surface area contributed by atoms with Gasteiger partial charge in [-0.15, -0.1) is 0 Å². The molecular weight excluding hydrogens is 216 g/mol. The first-order chi connectivity index (χ1) is 8.27. The molecule has 1 aromatic heterocycles. The van der Waals surface area contributed by atoms with Crippen molar-refractivity contribution in [2.45, 2.75) is 31.7 Å². The van der Waals surface area contributed by atoms with Crippen molar-refractivity contribution in [1.29, 1.82) is 0 Å². The smallest absolute Gasteiger partial charge is 0.303 e. The molecule has 2 rings (SSSR count). The van der Waals surface area contributed by atoms with Crippen molar-refractivity contribution in [2.75, 3.05) is 6.54 Å². The van der Waals surface area contributed by atoms with Gasteiger partial charge in [0, 0.05) is 24.9 Å². The summed E-state index contributed by atoms with van der Waals surface area (Å²) in [4.78, 5) is 14.9. The van der Waals surface area contributed by atoms with Crippen molar-refractivity contribution in [2.24, 2.45) is 5.92 Å². The lowest BCUT2D eigenvalue weighted by Gasteiger charge is -2.24. The number of rotatable bonds is 3. The summed E-state index contributed by atoms with van der Waals surface area (Å²) < 4.78 is 0. The Hall–Kier alpha value is -1.42. The summed E-state index contributed by atoms with van der Waals surface area (Å²) in [6, 6.07) is 4.09. The molecule has 1 saturated heterocycles. The predicted octanol–water partition coefficient (Wildman–Crippen LogP) is 1.99. The molecule has 0 radical (unpaired) electrons. The maximum atomic E-state index is 10.9. The molecule has 1 aromatic rings. The van der Waals surface area contributed by atoms with Gasteiger partial charge in [-0.25, -0.2) is 0 Å². The van der Waals surface area contributed by atoms with Gasteiger partial charge in [0.15, 0.2) is 0 Å². The molecule has 2 N–H and O–H groups in total. The number of carboxylic acids is 1. The van der Waals surface area contributed by atoms with E-state index >= 15 is 0 Å². The van der Waals surface area contributed by atoms with Crippen LogP contribution in [0.2, 0.25) is 0 Å². The topological polar surface area (TPSA) is 62.2 Å². The molecule has 1 fully saturated rings. The lowest BCUT2D eigenvalue weighted by atomic mass is 9.88. The highest BCUT2D eigenvalue weighted by molar-refractivity contribution is 5.67. The molecule has 0 aliphatic carbocycles. The molecular formula is C13H18N2O2. The summed E-state index contributed by atoms with van der Waals surface area (Å²) in [5, 5.41) is 12.4. The predicted molar refractivity (Wildman–Crippen MR) is 64.6 cm³/mol. The number of pyridine rings is 1. The van der Waals surface area contributed by atoms with E-state index in [1.807, 2.05) is 12.1 Å². The third-order valence-corrected chi connectivity index (χ3v) is 3.34. The average Bonchev–Trinajstić information content (AvgIpc) is 2.55. The normalized spacial score (nSPS) is 25.2. The maximum absolute atomic E-state index is 10.9. The van der Waals surface area contributed by atoms with Gasteiger partial charge in [-0.05, 0) is 43.0 Å². The Morgan fingerprint density at radius 2 is 2.18 bits per heavy atom. The molecule has 1 aliphatic heterocycles. The van der Waals surface area contributed by atoms with Crippen LogP contribution in [0.15, 0.2) is 24.5 Å². The van der Waals surface area contributed by atoms with E-state index in [1.54, 1.807) is 12.4 Å². The number of carbonyl (C=O) groups is 1. The molecule has 92 valence electrons. The van der Waals surface area contributed by atoms with Crippen LogP contribution >= 0.6 is 0 Å². The third-order valence-electron chi connectivity index (χ3n) is 3.34. The summed E-state index contributed by atoms with van der Waals surface area (Å²) in [6.45, 7) is 0.961. The van der Waals surface area contributed by atoms with Gasteiger partial charge in [0.05, 0.1) is 0 Å². The second-order valence-electron chi connectivity index (χ2n) is 4.57. The SMILES string of the molecule is O=C(O)C[C@H]1CCCCN[C@@H]1c1ccncc1. The summed E-state index contributed by atoms with van der Waals surface area (Å²) in [5.74, 6) is -0.532. The highest BCUT2D eigenvalue weighted by atomic mass is 16.4. The molecule has 0 aromatic carbocycles. The third kappa shape index (κ3) is 3.27. The van der Waals surface area contributed by atoms with Crippen molar-refractivity contribution in [1.82, 2.24) is 10.3 Å². The quantitative estimate of drug-likeness (QED) is 0.839. The van der Waals surface area contributed by atoms with Gasteiger partial charge < -0.3 is 10.4 Å². The van der Waals surface area contributed by atoms with E-state index in [0.717, 1.165) is 31.4 Å². The Labute approximate surface area is 101 Å². The highest BCUT2D eigenvalue weighted by Crippen LogP contribution is 2.30. The van der Waals surface area contributed by atoms with E-state index in [0.29, 0.717) is 0 Å². The molecule has 17 heavy (non-hydrogen) atoms. The molecule has 0 bridgehead atoms. The van der Waals surface area contributed by atoms with Crippen LogP contribution in [0.3, 0.4) is 0 Å². The molecule has 4 nitrogen and oxygen atoms in total. The average molecular weight is 234 g/mol. The molecule has 0 unspecified atom stereocenters. The van der Waals surface area contributed by atoms with E-state index in [2.05, 4.69) is 10.3 Å². The van der Waals surface area contributed by atoms with E-state index in [9.17, 15) is 4.79 Å². The van der Waals surface area contributed by atoms with Gasteiger partial charge in [0.2, 0.25) is 0 Å². The molecule has 1 aliphatic rings. The monoisotopic (exact) mass is 234 g/mol. The van der Waals surface area contributed by atoms with Gasteiger partial charge in [0.1, 0.15) is 0 Å². The fourth-order valence-corrected chi connectivity index (χ4v) is 2.53. The fourth-order valence-electron chi connectivity index (χ4n) is 2.53. The largest absolute Gasteiger partial charge is 0.481 e. The first-order valence-corrected chi connectivity index (χ1v) is 6.12. The van der Waals surface area contributed by atoms with Crippen LogP contribution in [0.1, 0.15) is 37.3 Å². The van der Waals surface area contributed by atoms with Crippen LogP contribution in [0, 0.1) is 5.92 Å². The Morgan fingerprint density at radius 1 is 1.41 bits per heavy atom. The van der Waals surface area contributed by atoms with Crippen molar-refractivity contribution in [3.8, 4) is 0 Å². The molecule has 2 atom stereocenters. The Kier molecular flexibility index (Phi) is 4.09. The zero-order valence-corrected chi connectivity index (χ0v) is 9.80. The number of hydrogen-bond acceptors (Lipinski definition) is 3. The minimum atomic E-state index is -0.710. The van der Waals surface area contributed by atoms with Crippen molar-refractivity contribution >= 4 is 5.97 Å². The van der Waals surface area contributed by atoms with Crippen LogP contribution in [0.25, 0.3) is 0 Å². The minimum absolute atomic E-state index is 0.150. The van der Waals surface area contributed by atoms with Crippen molar-refractivity contribution in [3.05, 3.63) is 30.1 Å². The molecule has 0 spiro atoms. The second kappa shape index (κ2) is 5.77.